The number of nitrogens with one attached hydrogen (secondary N) is 1. The Hall–Kier alpha value is -1.26. The SMILES string of the molecule is COC(=O)c1cc(NN)c(C)cc1Cl. The van der Waals surface area contributed by atoms with Gasteiger partial charge in [-0.2, -0.15) is 0 Å². The number of esters is 1. The number of aryl methyl sites for hydroxylation is 1. The molecule has 0 unspecified atom stereocenters. The Balaban J connectivity index is 3.24. The molecule has 0 atom stereocenters. The molecule has 0 aliphatic heterocycles. The third kappa shape index (κ3) is 1.97. The van der Waals surface area contributed by atoms with E-state index < -0.39 is 5.97 Å². The summed E-state index contributed by atoms with van der Waals surface area (Å²) < 4.78 is 4.56. The zero-order valence-electron chi connectivity index (χ0n) is 7.93. The van der Waals surface area contributed by atoms with Crippen molar-refractivity contribution in [3.63, 3.8) is 0 Å². The summed E-state index contributed by atoms with van der Waals surface area (Å²) in [5.74, 6) is 4.79. The summed E-state index contributed by atoms with van der Waals surface area (Å²) >= 11 is 5.86. The summed E-state index contributed by atoms with van der Waals surface area (Å²) in [6.07, 6.45) is 0. The Labute approximate surface area is 87.0 Å². The van der Waals surface area contributed by atoms with Crippen molar-refractivity contribution in [3.8, 4) is 0 Å². The van der Waals surface area contributed by atoms with Crippen LogP contribution in [0.3, 0.4) is 0 Å². The van der Waals surface area contributed by atoms with Crippen LogP contribution in [0.1, 0.15) is 15.9 Å². The van der Waals surface area contributed by atoms with Gasteiger partial charge in [0.2, 0.25) is 0 Å². The van der Waals surface area contributed by atoms with Crippen LogP contribution in [-0.4, -0.2) is 13.1 Å². The van der Waals surface area contributed by atoms with Crippen LogP contribution in [0.15, 0.2) is 12.1 Å². The maximum atomic E-state index is 11.2. The Morgan fingerprint density at radius 1 is 1.57 bits per heavy atom. The number of hydrogen-bond donors (Lipinski definition) is 2. The fraction of sp³-hybridized carbons (Fsp3) is 0.222. The lowest BCUT2D eigenvalue weighted by atomic mass is 10.1. The van der Waals surface area contributed by atoms with Crippen molar-refractivity contribution in [2.75, 3.05) is 12.5 Å². The van der Waals surface area contributed by atoms with Crippen molar-refractivity contribution >= 4 is 23.3 Å². The standard InChI is InChI=1S/C9H11ClN2O2/c1-5-3-7(10)6(9(13)14-2)4-8(5)12-11/h3-4,12H,11H2,1-2H3. The fourth-order valence-corrected chi connectivity index (χ4v) is 1.39. The summed E-state index contributed by atoms with van der Waals surface area (Å²) in [6, 6.07) is 3.21. The molecular formula is C9H11ClN2O2. The average molecular weight is 215 g/mol. The first-order chi connectivity index (χ1) is 6.60. The molecule has 0 saturated heterocycles. The predicted octanol–water partition coefficient (Wildman–Crippen LogP) is 1.72. The van der Waals surface area contributed by atoms with Gasteiger partial charge in [0.15, 0.2) is 0 Å². The summed E-state index contributed by atoms with van der Waals surface area (Å²) in [6.45, 7) is 1.84. The first-order valence-corrected chi connectivity index (χ1v) is 4.33. The number of carbonyl (C=O) groups excluding carboxylic acids is 1. The second-order valence-corrected chi connectivity index (χ2v) is 3.19. The van der Waals surface area contributed by atoms with E-state index in [9.17, 15) is 4.79 Å². The molecular weight excluding hydrogens is 204 g/mol. The quantitative estimate of drug-likeness (QED) is 0.447. The van der Waals surface area contributed by atoms with E-state index in [0.717, 1.165) is 5.56 Å². The second-order valence-electron chi connectivity index (χ2n) is 2.78. The van der Waals surface area contributed by atoms with Gasteiger partial charge in [-0.25, -0.2) is 4.79 Å². The summed E-state index contributed by atoms with van der Waals surface area (Å²) in [5, 5.41) is 0.355. The molecule has 76 valence electrons. The minimum Gasteiger partial charge on any atom is -0.465 e. The molecule has 0 aliphatic rings. The zero-order valence-corrected chi connectivity index (χ0v) is 8.68. The number of hydrazine groups is 1. The maximum absolute atomic E-state index is 11.2. The number of hydrogen-bond acceptors (Lipinski definition) is 4. The highest BCUT2D eigenvalue weighted by Gasteiger charge is 2.12. The second kappa shape index (κ2) is 4.30. The summed E-state index contributed by atoms with van der Waals surface area (Å²) in [7, 11) is 1.30. The molecule has 0 spiro atoms. The van der Waals surface area contributed by atoms with Crippen LogP contribution in [0.5, 0.6) is 0 Å². The van der Waals surface area contributed by atoms with E-state index in [1.54, 1.807) is 12.1 Å². The van der Waals surface area contributed by atoms with Crippen molar-refractivity contribution in [2.45, 2.75) is 6.92 Å². The first-order valence-electron chi connectivity index (χ1n) is 3.95. The molecule has 1 rings (SSSR count). The highest BCUT2D eigenvalue weighted by molar-refractivity contribution is 6.33. The van der Waals surface area contributed by atoms with E-state index >= 15 is 0 Å². The Bertz CT molecular complexity index is 366. The van der Waals surface area contributed by atoms with E-state index in [1.165, 1.54) is 7.11 Å². The molecule has 3 N–H and O–H groups in total. The number of benzene rings is 1. The van der Waals surface area contributed by atoms with Crippen molar-refractivity contribution in [3.05, 3.63) is 28.3 Å². The van der Waals surface area contributed by atoms with Gasteiger partial charge in [-0.3, -0.25) is 5.84 Å². The number of nitrogens with two attached hydrogens (primary N) is 1. The molecule has 0 saturated carbocycles. The van der Waals surface area contributed by atoms with Crippen LogP contribution in [0.25, 0.3) is 0 Å². The highest BCUT2D eigenvalue weighted by atomic mass is 35.5. The number of methoxy groups -OCH3 is 1. The molecule has 5 heteroatoms. The molecule has 14 heavy (non-hydrogen) atoms. The first kappa shape index (κ1) is 10.8. The molecule has 0 fully saturated rings. The van der Waals surface area contributed by atoms with Crippen molar-refractivity contribution in [1.82, 2.24) is 0 Å². The molecule has 1 aromatic carbocycles. The smallest absolute Gasteiger partial charge is 0.339 e. The molecule has 0 bridgehead atoms. The van der Waals surface area contributed by atoms with Gasteiger partial charge < -0.3 is 10.2 Å². The number of carbonyl (C=O) groups is 1. The monoisotopic (exact) mass is 214 g/mol. The van der Waals surface area contributed by atoms with Gasteiger partial charge in [0.05, 0.1) is 23.4 Å². The molecule has 0 amide bonds. The molecule has 1 aromatic rings. The van der Waals surface area contributed by atoms with Gasteiger partial charge in [0.1, 0.15) is 0 Å². The van der Waals surface area contributed by atoms with Gasteiger partial charge in [0.25, 0.3) is 0 Å². The summed E-state index contributed by atoms with van der Waals surface area (Å²) in [4.78, 5) is 11.2. The topological polar surface area (TPSA) is 64.3 Å². The van der Waals surface area contributed by atoms with E-state index in [4.69, 9.17) is 17.4 Å². The molecule has 0 heterocycles. The fourth-order valence-electron chi connectivity index (χ4n) is 1.09. The minimum atomic E-state index is -0.480. The number of rotatable bonds is 2. The molecule has 0 aromatic heterocycles. The van der Waals surface area contributed by atoms with Crippen LogP contribution >= 0.6 is 11.6 Å². The van der Waals surface area contributed by atoms with E-state index in [-0.39, 0.29) is 0 Å². The Morgan fingerprint density at radius 3 is 2.71 bits per heavy atom. The number of halogens is 1. The van der Waals surface area contributed by atoms with Crippen molar-refractivity contribution in [2.24, 2.45) is 5.84 Å². The lowest BCUT2D eigenvalue weighted by Gasteiger charge is -2.08. The van der Waals surface area contributed by atoms with Crippen LogP contribution < -0.4 is 11.3 Å². The van der Waals surface area contributed by atoms with E-state index in [1.807, 2.05) is 6.92 Å². The van der Waals surface area contributed by atoms with E-state index in [2.05, 4.69) is 10.2 Å². The third-order valence-electron chi connectivity index (χ3n) is 1.87. The highest BCUT2D eigenvalue weighted by Crippen LogP contribution is 2.24. The summed E-state index contributed by atoms with van der Waals surface area (Å²) in [5.41, 5.74) is 4.29. The van der Waals surface area contributed by atoms with Gasteiger partial charge in [-0.15, -0.1) is 0 Å². The maximum Gasteiger partial charge on any atom is 0.339 e. The average Bonchev–Trinajstić information content (AvgIpc) is 2.17. The van der Waals surface area contributed by atoms with Crippen molar-refractivity contribution in [1.29, 1.82) is 0 Å². The largest absolute Gasteiger partial charge is 0.465 e. The molecule has 4 nitrogen and oxygen atoms in total. The lowest BCUT2D eigenvalue weighted by Crippen LogP contribution is -2.10. The van der Waals surface area contributed by atoms with Gasteiger partial charge in [-0.05, 0) is 24.6 Å². The number of anilines is 1. The molecule has 0 aliphatic carbocycles. The Morgan fingerprint density at radius 2 is 2.21 bits per heavy atom. The van der Waals surface area contributed by atoms with Gasteiger partial charge >= 0.3 is 5.97 Å². The number of ether oxygens (including phenoxy) is 1. The normalized spacial score (nSPS) is 9.71. The lowest BCUT2D eigenvalue weighted by molar-refractivity contribution is 0.0601. The van der Waals surface area contributed by atoms with Crippen molar-refractivity contribution < 1.29 is 9.53 Å². The van der Waals surface area contributed by atoms with Gasteiger partial charge in [0, 0.05) is 0 Å². The zero-order chi connectivity index (χ0) is 10.7. The van der Waals surface area contributed by atoms with Crippen LogP contribution in [0.2, 0.25) is 5.02 Å². The van der Waals surface area contributed by atoms with E-state index in [0.29, 0.717) is 16.3 Å². The third-order valence-corrected chi connectivity index (χ3v) is 2.19. The van der Waals surface area contributed by atoms with Crippen LogP contribution in [-0.2, 0) is 4.74 Å². The van der Waals surface area contributed by atoms with Crippen LogP contribution in [0.4, 0.5) is 5.69 Å². The predicted molar refractivity (Wildman–Crippen MR) is 55.3 cm³/mol. The minimum absolute atomic E-state index is 0.299. The van der Waals surface area contributed by atoms with Gasteiger partial charge in [-0.1, -0.05) is 11.6 Å². The Kier molecular flexibility index (Phi) is 3.33. The van der Waals surface area contributed by atoms with Crippen LogP contribution in [0, 0.1) is 6.92 Å². The number of nitrogen functional groups attached to an aromatic ring is 1. The molecule has 0 radical (unpaired) electrons.